The number of hydrogen-bond donors (Lipinski definition) is 0. The molecule has 1 fully saturated rings. The number of benzene rings is 2. The van der Waals surface area contributed by atoms with Crippen molar-refractivity contribution in [3.63, 3.8) is 0 Å². The van der Waals surface area contributed by atoms with Crippen molar-refractivity contribution in [3.05, 3.63) is 70.8 Å². The quantitative estimate of drug-likeness (QED) is 0.806. The van der Waals surface area contributed by atoms with Crippen LogP contribution in [0.5, 0.6) is 0 Å². The Bertz CT molecular complexity index is 869. The van der Waals surface area contributed by atoms with E-state index in [2.05, 4.69) is 0 Å². The van der Waals surface area contributed by atoms with Gasteiger partial charge in [-0.05, 0) is 49.6 Å². The summed E-state index contributed by atoms with van der Waals surface area (Å²) in [6.45, 7) is 4.12. The lowest BCUT2D eigenvalue weighted by Crippen LogP contribution is -2.37. The lowest BCUT2D eigenvalue weighted by molar-refractivity contribution is -0.131. The molecule has 0 atom stereocenters. The molecule has 1 saturated heterocycles. The van der Waals surface area contributed by atoms with Crippen LogP contribution in [0.25, 0.3) is 0 Å². The third-order valence-electron chi connectivity index (χ3n) is 5.01. The largest absolute Gasteiger partial charge is 0.341 e. The zero-order chi connectivity index (χ0) is 20.1. The van der Waals surface area contributed by atoms with Gasteiger partial charge in [0.1, 0.15) is 0 Å². The minimum atomic E-state index is -0.898. The first-order valence-electron chi connectivity index (χ1n) is 9.51. The maximum Gasteiger partial charge on any atom is 0.253 e. The molecule has 0 spiro atoms. The van der Waals surface area contributed by atoms with Crippen LogP contribution in [0.2, 0.25) is 0 Å². The van der Waals surface area contributed by atoms with E-state index in [-0.39, 0.29) is 18.2 Å². The Kier molecular flexibility index (Phi) is 6.39. The van der Waals surface area contributed by atoms with Crippen LogP contribution in [0, 0.1) is 18.6 Å². The molecule has 0 saturated carbocycles. The van der Waals surface area contributed by atoms with Gasteiger partial charge in [0.2, 0.25) is 5.91 Å². The number of carbonyl (C=O) groups is 2. The Morgan fingerprint density at radius 1 is 0.929 bits per heavy atom. The van der Waals surface area contributed by atoms with E-state index in [0.717, 1.165) is 17.7 Å². The van der Waals surface area contributed by atoms with Gasteiger partial charge in [0.15, 0.2) is 11.6 Å². The molecule has 0 unspecified atom stereocenters. The Labute approximate surface area is 163 Å². The monoisotopic (exact) mass is 386 g/mol. The first-order valence-corrected chi connectivity index (χ1v) is 9.51. The second kappa shape index (κ2) is 8.95. The van der Waals surface area contributed by atoms with Gasteiger partial charge in [0, 0.05) is 38.2 Å². The molecule has 0 N–H and O–H groups in total. The Hall–Kier alpha value is -2.76. The van der Waals surface area contributed by atoms with Crippen LogP contribution in [0.15, 0.2) is 42.5 Å². The molecule has 0 bridgehead atoms. The Morgan fingerprint density at radius 2 is 1.68 bits per heavy atom. The summed E-state index contributed by atoms with van der Waals surface area (Å²) in [4.78, 5) is 28.8. The van der Waals surface area contributed by atoms with E-state index < -0.39 is 11.6 Å². The summed E-state index contributed by atoms with van der Waals surface area (Å²) in [5.41, 5.74) is 2.30. The third-order valence-corrected chi connectivity index (χ3v) is 5.01. The number of nitrogens with zero attached hydrogens (tertiary/aromatic N) is 2. The highest BCUT2D eigenvalue weighted by atomic mass is 19.2. The summed E-state index contributed by atoms with van der Waals surface area (Å²) >= 11 is 0. The first-order chi connectivity index (χ1) is 13.4. The number of aryl methyl sites for hydroxylation is 2. The van der Waals surface area contributed by atoms with E-state index in [1.807, 2.05) is 31.2 Å². The molecule has 2 aromatic rings. The van der Waals surface area contributed by atoms with Crippen molar-refractivity contribution in [2.75, 3.05) is 26.2 Å². The number of hydrogen-bond acceptors (Lipinski definition) is 2. The van der Waals surface area contributed by atoms with Gasteiger partial charge < -0.3 is 9.80 Å². The maximum atomic E-state index is 13.3. The number of amides is 2. The molecule has 1 aliphatic heterocycles. The average Bonchev–Trinajstić information content (AvgIpc) is 2.94. The van der Waals surface area contributed by atoms with Crippen molar-refractivity contribution < 1.29 is 18.4 Å². The summed E-state index contributed by atoms with van der Waals surface area (Å²) < 4.78 is 26.3. The molecule has 148 valence electrons. The van der Waals surface area contributed by atoms with Crippen molar-refractivity contribution in [3.8, 4) is 0 Å². The molecular weight excluding hydrogens is 362 g/mol. The van der Waals surface area contributed by atoms with E-state index in [9.17, 15) is 18.4 Å². The summed E-state index contributed by atoms with van der Waals surface area (Å²) in [6.07, 6.45) is 1.31. The molecule has 3 rings (SSSR count). The van der Waals surface area contributed by atoms with E-state index in [1.165, 1.54) is 6.07 Å². The van der Waals surface area contributed by atoms with Gasteiger partial charge in [-0.3, -0.25) is 9.59 Å². The lowest BCUT2D eigenvalue weighted by Gasteiger charge is -2.22. The van der Waals surface area contributed by atoms with Crippen molar-refractivity contribution in [1.29, 1.82) is 0 Å². The van der Waals surface area contributed by atoms with Crippen LogP contribution in [-0.4, -0.2) is 47.8 Å². The van der Waals surface area contributed by atoms with Gasteiger partial charge in [-0.2, -0.15) is 0 Å². The topological polar surface area (TPSA) is 40.6 Å². The number of rotatable bonds is 4. The van der Waals surface area contributed by atoms with Crippen LogP contribution in [0.3, 0.4) is 0 Å². The zero-order valence-corrected chi connectivity index (χ0v) is 16.0. The standard InChI is InChI=1S/C22H24F2N2O2/c1-16-4-2-5-18(14-16)22(28)26-11-3-10-25(12-13-26)21(27)9-7-17-6-8-19(23)20(24)15-17/h2,4-6,8,14-15H,3,7,9-13H2,1H3. The minimum absolute atomic E-state index is 0.0141. The van der Waals surface area contributed by atoms with Crippen molar-refractivity contribution in [2.24, 2.45) is 0 Å². The van der Waals surface area contributed by atoms with Crippen LogP contribution in [-0.2, 0) is 11.2 Å². The summed E-state index contributed by atoms with van der Waals surface area (Å²) in [7, 11) is 0. The second-order valence-electron chi connectivity index (χ2n) is 7.14. The summed E-state index contributed by atoms with van der Waals surface area (Å²) in [6, 6.07) is 11.2. The third kappa shape index (κ3) is 4.94. The maximum absolute atomic E-state index is 13.3. The van der Waals surface area contributed by atoms with Crippen LogP contribution >= 0.6 is 0 Å². The SMILES string of the molecule is Cc1cccc(C(=O)N2CCCN(C(=O)CCc3ccc(F)c(F)c3)CC2)c1. The predicted molar refractivity (Wildman–Crippen MR) is 103 cm³/mol. The molecule has 2 aromatic carbocycles. The minimum Gasteiger partial charge on any atom is -0.341 e. The molecule has 6 heteroatoms. The van der Waals surface area contributed by atoms with E-state index in [4.69, 9.17) is 0 Å². The molecule has 2 amide bonds. The van der Waals surface area contributed by atoms with Gasteiger partial charge in [0.05, 0.1) is 0 Å². The zero-order valence-electron chi connectivity index (χ0n) is 16.0. The van der Waals surface area contributed by atoms with Gasteiger partial charge in [-0.25, -0.2) is 8.78 Å². The molecule has 0 radical (unpaired) electrons. The first kappa shape index (κ1) is 20.0. The second-order valence-corrected chi connectivity index (χ2v) is 7.14. The van der Waals surface area contributed by atoms with Crippen LogP contribution in [0.1, 0.15) is 34.3 Å². The molecule has 0 aromatic heterocycles. The van der Waals surface area contributed by atoms with Crippen molar-refractivity contribution >= 4 is 11.8 Å². The highest BCUT2D eigenvalue weighted by molar-refractivity contribution is 5.94. The lowest BCUT2D eigenvalue weighted by atomic mass is 10.1. The van der Waals surface area contributed by atoms with E-state index in [0.29, 0.717) is 50.1 Å². The molecule has 1 heterocycles. The number of carbonyl (C=O) groups excluding carboxylic acids is 2. The molecule has 28 heavy (non-hydrogen) atoms. The van der Waals surface area contributed by atoms with Gasteiger partial charge in [0.25, 0.3) is 5.91 Å². The molecular formula is C22H24F2N2O2. The van der Waals surface area contributed by atoms with Gasteiger partial charge in [-0.1, -0.05) is 23.8 Å². The summed E-state index contributed by atoms with van der Waals surface area (Å²) in [5, 5.41) is 0. The predicted octanol–water partition coefficient (Wildman–Crippen LogP) is 3.58. The van der Waals surface area contributed by atoms with Crippen LogP contribution < -0.4 is 0 Å². The summed E-state index contributed by atoms with van der Waals surface area (Å²) in [5.74, 6) is -1.83. The molecule has 4 nitrogen and oxygen atoms in total. The van der Waals surface area contributed by atoms with Crippen LogP contribution in [0.4, 0.5) is 8.78 Å². The van der Waals surface area contributed by atoms with Crippen molar-refractivity contribution in [1.82, 2.24) is 9.80 Å². The van der Waals surface area contributed by atoms with E-state index >= 15 is 0 Å². The highest BCUT2D eigenvalue weighted by Crippen LogP contribution is 2.14. The fourth-order valence-corrected chi connectivity index (χ4v) is 3.44. The fourth-order valence-electron chi connectivity index (χ4n) is 3.44. The smallest absolute Gasteiger partial charge is 0.253 e. The Morgan fingerprint density at radius 3 is 2.43 bits per heavy atom. The van der Waals surface area contributed by atoms with E-state index in [1.54, 1.807) is 9.80 Å². The normalized spacial score (nSPS) is 14.7. The number of halogens is 2. The molecule has 1 aliphatic rings. The fraction of sp³-hybridized carbons (Fsp3) is 0.364. The average molecular weight is 386 g/mol. The highest BCUT2D eigenvalue weighted by Gasteiger charge is 2.22. The Balaban J connectivity index is 1.54. The molecule has 0 aliphatic carbocycles. The van der Waals surface area contributed by atoms with Gasteiger partial charge >= 0.3 is 0 Å². The van der Waals surface area contributed by atoms with Crippen molar-refractivity contribution in [2.45, 2.75) is 26.2 Å². The van der Waals surface area contributed by atoms with Gasteiger partial charge in [-0.15, -0.1) is 0 Å².